The van der Waals surface area contributed by atoms with E-state index >= 15 is 0 Å². The summed E-state index contributed by atoms with van der Waals surface area (Å²) in [6.45, 7) is 3.08. The zero-order chi connectivity index (χ0) is 24.6. The molecule has 1 aliphatic rings. The van der Waals surface area contributed by atoms with Crippen molar-refractivity contribution in [1.82, 2.24) is 4.72 Å². The van der Waals surface area contributed by atoms with Crippen LogP contribution in [-0.4, -0.2) is 37.1 Å². The number of nitrogens with one attached hydrogen (secondary N) is 1. The van der Waals surface area contributed by atoms with Crippen molar-refractivity contribution >= 4 is 17.6 Å². The minimum absolute atomic E-state index is 0.0612. The summed E-state index contributed by atoms with van der Waals surface area (Å²) < 4.78 is 43.7. The minimum Gasteiger partial charge on any atom is -0.497 e. The van der Waals surface area contributed by atoms with Crippen LogP contribution >= 0.6 is 7.60 Å². The van der Waals surface area contributed by atoms with Crippen molar-refractivity contribution in [2.24, 2.45) is 11.7 Å². The van der Waals surface area contributed by atoms with Gasteiger partial charge in [-0.05, 0) is 54.2 Å². The van der Waals surface area contributed by atoms with Crippen molar-refractivity contribution in [3.8, 4) is 16.9 Å². The molecule has 0 aromatic heterocycles. The first-order valence-corrected chi connectivity index (χ1v) is 14.2. The van der Waals surface area contributed by atoms with E-state index in [2.05, 4.69) is 4.72 Å². The van der Waals surface area contributed by atoms with Gasteiger partial charge in [0, 0.05) is 6.04 Å². The third kappa shape index (κ3) is 8.52. The molecule has 0 saturated heterocycles. The third-order valence-electron chi connectivity index (χ3n) is 5.51. The van der Waals surface area contributed by atoms with E-state index in [0.29, 0.717) is 11.8 Å². The van der Waals surface area contributed by atoms with Gasteiger partial charge in [-0.15, -0.1) is 0 Å². The molecule has 0 unspecified atom stereocenters. The fourth-order valence-corrected chi connectivity index (χ4v) is 6.53. The lowest BCUT2D eigenvalue weighted by molar-refractivity contribution is 0.336. The number of nitrogens with two attached hydrogens (primary N) is 1. The highest BCUT2D eigenvalue weighted by Crippen LogP contribution is 2.43. The molecule has 0 heterocycles. The Hall–Kier alpha value is -1.74. The van der Waals surface area contributed by atoms with E-state index in [1.165, 1.54) is 44.2 Å². The van der Waals surface area contributed by atoms with Gasteiger partial charge in [0.1, 0.15) is 11.5 Å². The molecule has 2 aromatic rings. The topological polar surface area (TPSA) is 139 Å². The zero-order valence-corrected chi connectivity index (χ0v) is 21.1. The molecular formula is C23H35N2O6PS. The molecule has 1 atom stereocenters. The van der Waals surface area contributed by atoms with Crippen LogP contribution in [0.5, 0.6) is 5.75 Å². The monoisotopic (exact) mass is 498 g/mol. The molecule has 0 bridgehead atoms. The van der Waals surface area contributed by atoms with Crippen molar-refractivity contribution in [2.45, 2.75) is 62.7 Å². The van der Waals surface area contributed by atoms with Gasteiger partial charge >= 0.3 is 7.60 Å². The SMILES string of the molecule is COc1ccc(-c2ccc(S(=O)(=O)N[C@H](C(C)C)P(=O)(O)O)cc2)cc1.NC1CCCCC1. The molecule has 5 N–H and O–H groups in total. The van der Waals surface area contributed by atoms with Crippen molar-refractivity contribution in [2.75, 3.05) is 7.11 Å². The Kier molecular flexibility index (Phi) is 10.1. The first-order chi connectivity index (χ1) is 15.4. The molecule has 2 aromatic carbocycles. The quantitative estimate of drug-likeness (QED) is 0.422. The van der Waals surface area contributed by atoms with Crippen LogP contribution in [0.2, 0.25) is 0 Å². The van der Waals surface area contributed by atoms with E-state index in [1.54, 1.807) is 45.2 Å². The number of rotatable bonds is 7. The van der Waals surface area contributed by atoms with Crippen molar-refractivity contribution < 1.29 is 27.5 Å². The summed E-state index contributed by atoms with van der Waals surface area (Å²) in [5.41, 5.74) is 7.33. The lowest BCUT2D eigenvalue weighted by Crippen LogP contribution is -2.38. The highest BCUT2D eigenvalue weighted by molar-refractivity contribution is 7.89. The maximum Gasteiger partial charge on any atom is 0.343 e. The highest BCUT2D eigenvalue weighted by Gasteiger charge is 2.35. The van der Waals surface area contributed by atoms with Gasteiger partial charge in [-0.1, -0.05) is 57.4 Å². The number of benzene rings is 2. The predicted molar refractivity (Wildman–Crippen MR) is 130 cm³/mol. The molecule has 3 rings (SSSR count). The Morgan fingerprint density at radius 2 is 1.45 bits per heavy atom. The molecule has 10 heteroatoms. The maximum absolute atomic E-state index is 12.5. The average molecular weight is 499 g/mol. The van der Waals surface area contributed by atoms with Gasteiger partial charge in [0.05, 0.1) is 12.0 Å². The molecule has 0 aliphatic heterocycles. The summed E-state index contributed by atoms with van der Waals surface area (Å²) in [5, 5.41) is 0. The Labute approximate surface area is 196 Å². The van der Waals surface area contributed by atoms with E-state index in [0.717, 1.165) is 11.1 Å². The van der Waals surface area contributed by atoms with Gasteiger partial charge in [-0.3, -0.25) is 4.57 Å². The van der Waals surface area contributed by atoms with Crippen LogP contribution in [0.25, 0.3) is 11.1 Å². The number of hydrogen-bond acceptors (Lipinski definition) is 5. The van der Waals surface area contributed by atoms with Gasteiger partial charge in [0.25, 0.3) is 0 Å². The van der Waals surface area contributed by atoms with Gasteiger partial charge in [0.15, 0.2) is 0 Å². The second kappa shape index (κ2) is 12.1. The van der Waals surface area contributed by atoms with Crippen molar-refractivity contribution in [1.29, 1.82) is 0 Å². The normalized spacial score (nSPS) is 16.1. The standard InChI is InChI=1S/C17H22NO6PS.C6H13N/c1-12(2)17(25(19,20)21)18-26(22,23)16-10-6-14(7-11-16)13-4-8-15(24-3)9-5-13;7-6-4-2-1-3-5-6/h4-12,17-18H,1-3H3,(H2,19,20,21);6H,1-5,7H2/t17-;/m0./s1. The lowest BCUT2D eigenvalue weighted by Gasteiger charge is -2.23. The number of ether oxygens (including phenoxy) is 1. The van der Waals surface area contributed by atoms with Crippen LogP contribution in [0.4, 0.5) is 0 Å². The first-order valence-electron chi connectivity index (χ1n) is 11.0. The van der Waals surface area contributed by atoms with Crippen LogP contribution in [-0.2, 0) is 14.6 Å². The third-order valence-corrected chi connectivity index (χ3v) is 8.59. The second-order valence-corrected chi connectivity index (χ2v) is 12.0. The fraction of sp³-hybridized carbons (Fsp3) is 0.478. The zero-order valence-electron chi connectivity index (χ0n) is 19.3. The summed E-state index contributed by atoms with van der Waals surface area (Å²) in [5.74, 6) is -1.33. The smallest absolute Gasteiger partial charge is 0.343 e. The Morgan fingerprint density at radius 1 is 0.970 bits per heavy atom. The molecule has 1 fully saturated rings. The van der Waals surface area contributed by atoms with Crippen LogP contribution in [0.1, 0.15) is 46.0 Å². The largest absolute Gasteiger partial charge is 0.497 e. The van der Waals surface area contributed by atoms with Crippen LogP contribution in [0.3, 0.4) is 0 Å². The Balaban J connectivity index is 0.000000468. The summed E-state index contributed by atoms with van der Waals surface area (Å²) in [6.07, 6.45) is 6.66. The minimum atomic E-state index is -4.62. The Morgan fingerprint density at radius 3 is 1.82 bits per heavy atom. The first kappa shape index (κ1) is 27.5. The van der Waals surface area contributed by atoms with E-state index in [9.17, 15) is 22.8 Å². The van der Waals surface area contributed by atoms with Gasteiger partial charge in [-0.25, -0.2) is 8.42 Å². The molecular weight excluding hydrogens is 463 g/mol. The highest BCUT2D eigenvalue weighted by atomic mass is 32.2. The van der Waals surface area contributed by atoms with Crippen molar-refractivity contribution in [3.63, 3.8) is 0 Å². The van der Waals surface area contributed by atoms with Crippen LogP contribution < -0.4 is 15.2 Å². The van der Waals surface area contributed by atoms with Gasteiger partial charge in [0.2, 0.25) is 10.0 Å². The molecule has 8 nitrogen and oxygen atoms in total. The van der Waals surface area contributed by atoms with E-state index in [1.807, 2.05) is 12.1 Å². The summed E-state index contributed by atoms with van der Waals surface area (Å²) >= 11 is 0. The van der Waals surface area contributed by atoms with Gasteiger partial charge in [-0.2, -0.15) is 4.72 Å². The molecule has 1 aliphatic carbocycles. The molecule has 0 radical (unpaired) electrons. The van der Waals surface area contributed by atoms with E-state index < -0.39 is 29.3 Å². The van der Waals surface area contributed by atoms with Crippen LogP contribution in [0.15, 0.2) is 53.4 Å². The maximum atomic E-state index is 12.5. The molecule has 0 spiro atoms. The van der Waals surface area contributed by atoms with E-state index in [-0.39, 0.29) is 4.90 Å². The van der Waals surface area contributed by atoms with Crippen molar-refractivity contribution in [3.05, 3.63) is 48.5 Å². The molecule has 184 valence electrons. The number of sulfonamides is 1. The summed E-state index contributed by atoms with van der Waals surface area (Å²) in [6, 6.07) is 13.9. The number of hydrogen-bond donors (Lipinski definition) is 4. The summed E-state index contributed by atoms with van der Waals surface area (Å²) in [4.78, 5) is 18.7. The number of methoxy groups -OCH3 is 1. The second-order valence-electron chi connectivity index (χ2n) is 8.55. The summed E-state index contributed by atoms with van der Waals surface area (Å²) in [7, 11) is -7.10. The predicted octanol–water partition coefficient (Wildman–Crippen LogP) is 4.08. The molecule has 33 heavy (non-hydrogen) atoms. The molecule has 1 saturated carbocycles. The Bertz CT molecular complexity index is 1010. The lowest BCUT2D eigenvalue weighted by atomic mass is 9.97. The average Bonchev–Trinajstić information content (AvgIpc) is 2.78. The van der Waals surface area contributed by atoms with Crippen LogP contribution in [0, 0.1) is 5.92 Å². The van der Waals surface area contributed by atoms with Gasteiger partial charge < -0.3 is 20.3 Å². The van der Waals surface area contributed by atoms with E-state index in [4.69, 9.17) is 10.5 Å². The molecule has 0 amide bonds. The fourth-order valence-electron chi connectivity index (χ4n) is 3.56.